The largest absolute Gasteiger partial charge is 0.385 e. The van der Waals surface area contributed by atoms with Crippen molar-refractivity contribution in [3.05, 3.63) is 17.1 Å². The summed E-state index contributed by atoms with van der Waals surface area (Å²) in [7, 11) is 1.70. The number of nitrogens with zero attached hydrogens (tertiary/aromatic N) is 2. The zero-order valence-electron chi connectivity index (χ0n) is 9.71. The number of anilines is 1. The molecule has 0 bridgehead atoms. The van der Waals surface area contributed by atoms with Crippen molar-refractivity contribution in [2.45, 2.75) is 33.1 Å². The van der Waals surface area contributed by atoms with Crippen LogP contribution in [-0.2, 0) is 17.6 Å². The second-order valence-corrected chi connectivity index (χ2v) is 3.55. The van der Waals surface area contributed by atoms with Gasteiger partial charge in [-0.1, -0.05) is 6.92 Å². The third kappa shape index (κ3) is 3.16. The van der Waals surface area contributed by atoms with E-state index in [0.717, 1.165) is 43.0 Å². The maximum Gasteiger partial charge on any atom is 0.131 e. The molecule has 84 valence electrons. The normalized spacial score (nSPS) is 10.6. The van der Waals surface area contributed by atoms with Gasteiger partial charge >= 0.3 is 0 Å². The second-order valence-electron chi connectivity index (χ2n) is 3.55. The van der Waals surface area contributed by atoms with Gasteiger partial charge in [0.15, 0.2) is 0 Å². The number of nitrogen functional groups attached to an aromatic ring is 1. The zero-order chi connectivity index (χ0) is 11.3. The van der Waals surface area contributed by atoms with E-state index in [2.05, 4.69) is 16.9 Å². The molecule has 0 amide bonds. The molecular formula is C11H19N3O. The van der Waals surface area contributed by atoms with Crippen LogP contribution in [0.5, 0.6) is 0 Å². The molecule has 0 aliphatic carbocycles. The van der Waals surface area contributed by atoms with Gasteiger partial charge < -0.3 is 10.5 Å². The summed E-state index contributed by atoms with van der Waals surface area (Å²) in [6, 6.07) is 0. The fourth-order valence-electron chi connectivity index (χ4n) is 1.47. The predicted molar refractivity (Wildman–Crippen MR) is 60.8 cm³/mol. The van der Waals surface area contributed by atoms with Gasteiger partial charge in [0.25, 0.3) is 0 Å². The summed E-state index contributed by atoms with van der Waals surface area (Å²) in [5, 5.41) is 0. The Balaban J connectivity index is 2.77. The van der Waals surface area contributed by atoms with Crippen molar-refractivity contribution < 1.29 is 4.74 Å². The van der Waals surface area contributed by atoms with Crippen molar-refractivity contribution in [2.75, 3.05) is 19.5 Å². The van der Waals surface area contributed by atoms with Gasteiger partial charge in [-0.25, -0.2) is 9.97 Å². The quantitative estimate of drug-likeness (QED) is 0.747. The highest BCUT2D eigenvalue weighted by molar-refractivity contribution is 5.41. The number of hydrogen-bond acceptors (Lipinski definition) is 4. The van der Waals surface area contributed by atoms with Crippen LogP contribution in [0.1, 0.15) is 30.4 Å². The molecule has 1 aromatic rings. The highest BCUT2D eigenvalue weighted by Crippen LogP contribution is 2.13. The zero-order valence-corrected chi connectivity index (χ0v) is 9.71. The summed E-state index contributed by atoms with van der Waals surface area (Å²) in [5.74, 6) is 1.43. The van der Waals surface area contributed by atoms with Crippen LogP contribution >= 0.6 is 0 Å². The number of hydrogen-bond donors (Lipinski definition) is 1. The summed E-state index contributed by atoms with van der Waals surface area (Å²) in [5.41, 5.74) is 7.88. The van der Waals surface area contributed by atoms with Crippen LogP contribution in [0.3, 0.4) is 0 Å². The Morgan fingerprint density at radius 2 is 2.07 bits per heavy atom. The molecule has 15 heavy (non-hydrogen) atoms. The molecular weight excluding hydrogens is 190 g/mol. The number of ether oxygens (including phenoxy) is 1. The highest BCUT2D eigenvalue weighted by Gasteiger charge is 2.06. The van der Waals surface area contributed by atoms with Gasteiger partial charge in [0.2, 0.25) is 0 Å². The van der Waals surface area contributed by atoms with Crippen LogP contribution < -0.4 is 5.73 Å². The Bertz CT molecular complexity index is 326. The first-order chi connectivity index (χ1) is 7.19. The molecule has 0 aliphatic rings. The molecule has 0 spiro atoms. The van der Waals surface area contributed by atoms with E-state index in [-0.39, 0.29) is 0 Å². The highest BCUT2D eigenvalue weighted by atomic mass is 16.5. The van der Waals surface area contributed by atoms with Gasteiger partial charge in [-0.2, -0.15) is 0 Å². The Morgan fingerprint density at radius 1 is 1.33 bits per heavy atom. The molecule has 0 atom stereocenters. The number of nitrogens with two attached hydrogens (primary N) is 1. The van der Waals surface area contributed by atoms with Gasteiger partial charge in [0.1, 0.15) is 11.6 Å². The van der Waals surface area contributed by atoms with E-state index in [1.54, 1.807) is 7.11 Å². The lowest BCUT2D eigenvalue weighted by Gasteiger charge is -2.08. The Labute approximate surface area is 90.9 Å². The van der Waals surface area contributed by atoms with Crippen LogP contribution in [0, 0.1) is 6.92 Å². The van der Waals surface area contributed by atoms with Crippen LogP contribution in [0.15, 0.2) is 0 Å². The molecule has 1 aromatic heterocycles. The Kier molecular flexibility index (Phi) is 4.49. The third-order valence-electron chi connectivity index (χ3n) is 2.41. The van der Waals surface area contributed by atoms with Crippen molar-refractivity contribution in [2.24, 2.45) is 0 Å². The minimum Gasteiger partial charge on any atom is -0.385 e. The van der Waals surface area contributed by atoms with E-state index >= 15 is 0 Å². The molecule has 0 radical (unpaired) electrons. The summed E-state index contributed by atoms with van der Waals surface area (Å²) < 4.78 is 4.99. The fourth-order valence-corrected chi connectivity index (χ4v) is 1.47. The molecule has 1 rings (SSSR count). The minimum atomic E-state index is 0.606. The standard InChI is InChI=1S/C11H19N3O/c1-4-9-8(2)11(12)14-10(13-9)6-5-7-15-3/h4-7H2,1-3H3,(H2,12,13,14). The van der Waals surface area contributed by atoms with Crippen molar-refractivity contribution in [1.29, 1.82) is 0 Å². The number of aryl methyl sites for hydroxylation is 2. The number of methoxy groups -OCH3 is 1. The van der Waals surface area contributed by atoms with Crippen molar-refractivity contribution >= 4 is 5.82 Å². The van der Waals surface area contributed by atoms with E-state index < -0.39 is 0 Å². The lowest BCUT2D eigenvalue weighted by molar-refractivity contribution is 0.194. The van der Waals surface area contributed by atoms with Crippen LogP contribution in [0.2, 0.25) is 0 Å². The molecule has 4 heteroatoms. The van der Waals surface area contributed by atoms with Crippen molar-refractivity contribution in [3.63, 3.8) is 0 Å². The first kappa shape index (κ1) is 11.9. The van der Waals surface area contributed by atoms with Gasteiger partial charge in [-0.05, 0) is 19.8 Å². The van der Waals surface area contributed by atoms with Crippen molar-refractivity contribution in [1.82, 2.24) is 9.97 Å². The second kappa shape index (κ2) is 5.66. The smallest absolute Gasteiger partial charge is 0.131 e. The summed E-state index contributed by atoms with van der Waals surface area (Å²) in [6.45, 7) is 4.78. The lowest BCUT2D eigenvalue weighted by Crippen LogP contribution is -2.07. The van der Waals surface area contributed by atoms with E-state index in [1.807, 2.05) is 6.92 Å². The van der Waals surface area contributed by atoms with Crippen LogP contribution in [0.4, 0.5) is 5.82 Å². The molecule has 0 aromatic carbocycles. The molecule has 1 heterocycles. The molecule has 0 fully saturated rings. The molecule has 4 nitrogen and oxygen atoms in total. The molecule has 0 aliphatic heterocycles. The van der Waals surface area contributed by atoms with E-state index in [4.69, 9.17) is 10.5 Å². The predicted octanol–water partition coefficient (Wildman–Crippen LogP) is 1.51. The Morgan fingerprint density at radius 3 is 2.67 bits per heavy atom. The van der Waals surface area contributed by atoms with Gasteiger partial charge in [0.05, 0.1) is 0 Å². The first-order valence-corrected chi connectivity index (χ1v) is 5.29. The summed E-state index contributed by atoms with van der Waals surface area (Å²) in [6.07, 6.45) is 2.66. The van der Waals surface area contributed by atoms with Gasteiger partial charge in [0, 0.05) is 31.4 Å². The average Bonchev–Trinajstić information content (AvgIpc) is 2.23. The van der Waals surface area contributed by atoms with Crippen LogP contribution in [-0.4, -0.2) is 23.7 Å². The first-order valence-electron chi connectivity index (χ1n) is 5.29. The maximum absolute atomic E-state index is 5.82. The monoisotopic (exact) mass is 209 g/mol. The topological polar surface area (TPSA) is 61.0 Å². The summed E-state index contributed by atoms with van der Waals surface area (Å²) >= 11 is 0. The molecule has 0 unspecified atom stereocenters. The van der Waals surface area contributed by atoms with Crippen molar-refractivity contribution in [3.8, 4) is 0 Å². The fraction of sp³-hybridized carbons (Fsp3) is 0.636. The lowest BCUT2D eigenvalue weighted by atomic mass is 10.2. The molecule has 0 saturated carbocycles. The molecule has 2 N–H and O–H groups in total. The summed E-state index contributed by atoms with van der Waals surface area (Å²) in [4.78, 5) is 8.74. The van der Waals surface area contributed by atoms with Gasteiger partial charge in [-0.3, -0.25) is 0 Å². The van der Waals surface area contributed by atoms with E-state index in [1.165, 1.54) is 0 Å². The maximum atomic E-state index is 5.82. The minimum absolute atomic E-state index is 0.606. The number of rotatable bonds is 5. The van der Waals surface area contributed by atoms with E-state index in [0.29, 0.717) is 5.82 Å². The van der Waals surface area contributed by atoms with Crippen LogP contribution in [0.25, 0.3) is 0 Å². The Hall–Kier alpha value is -1.16. The van der Waals surface area contributed by atoms with Gasteiger partial charge in [-0.15, -0.1) is 0 Å². The van der Waals surface area contributed by atoms with E-state index in [9.17, 15) is 0 Å². The number of aromatic nitrogens is 2. The third-order valence-corrected chi connectivity index (χ3v) is 2.41. The SMILES string of the molecule is CCc1nc(CCCOC)nc(N)c1C. The average molecular weight is 209 g/mol. The molecule has 0 saturated heterocycles.